The lowest BCUT2D eigenvalue weighted by Gasteiger charge is -2.45. The lowest BCUT2D eigenvalue weighted by molar-refractivity contribution is 0.363. The van der Waals surface area contributed by atoms with E-state index in [1.54, 1.807) is 0 Å². The number of hydrogen-bond donors (Lipinski definition) is 0. The van der Waals surface area contributed by atoms with Gasteiger partial charge in [-0.2, -0.15) is 0 Å². The molecule has 0 saturated carbocycles. The van der Waals surface area contributed by atoms with Crippen LogP contribution in [0.3, 0.4) is 0 Å². The Labute approximate surface area is 483 Å². The summed E-state index contributed by atoms with van der Waals surface area (Å²) in [7, 11) is 0. The molecule has 0 radical (unpaired) electrons. The van der Waals surface area contributed by atoms with Gasteiger partial charge in [0.1, 0.15) is 0 Å². The molecule has 0 aromatic heterocycles. The molecule has 394 valence electrons. The van der Waals surface area contributed by atoms with E-state index in [9.17, 15) is 0 Å². The van der Waals surface area contributed by atoms with E-state index in [4.69, 9.17) is 0 Å². The summed E-state index contributed by atoms with van der Waals surface area (Å²) >= 11 is 0. The third-order valence-corrected chi connectivity index (χ3v) is 19.8. The SMILES string of the molecule is CC1CC=CC=C1N(C1=CC2C(C)(C=C1)c1ccccc1C2(c1ccccc1)c1ccc2c(c1)CC2)c1ccc(-c2ccc(N(c3ccccc3)c3ccc4c(c3)C(c3ccccc3)(c3ccc5c(c3)CC5)c3ccccc3-4)cc2)cc1. The lowest BCUT2D eigenvalue weighted by atomic mass is 9.59. The van der Waals surface area contributed by atoms with Gasteiger partial charge in [0.05, 0.1) is 10.8 Å². The van der Waals surface area contributed by atoms with E-state index in [2.05, 4.69) is 303 Å². The number of benzene rings is 10. The molecule has 10 aromatic rings. The van der Waals surface area contributed by atoms with Crippen molar-refractivity contribution in [1.82, 2.24) is 0 Å². The average molecular weight is 1050 g/mol. The van der Waals surface area contributed by atoms with Crippen molar-refractivity contribution < 1.29 is 0 Å². The van der Waals surface area contributed by atoms with Gasteiger partial charge in [0.25, 0.3) is 0 Å². The number of allylic oxidation sites excluding steroid dienone is 7. The molecule has 10 aromatic carbocycles. The molecule has 0 aliphatic heterocycles. The van der Waals surface area contributed by atoms with Crippen LogP contribution in [-0.2, 0) is 41.9 Å². The minimum atomic E-state index is -0.480. The molecule has 82 heavy (non-hydrogen) atoms. The zero-order valence-corrected chi connectivity index (χ0v) is 46.6. The highest BCUT2D eigenvalue weighted by atomic mass is 15.2. The standard InChI is InChI=1S/C80H64N2/c1-54-18-12-17-29-76(54)82(69-48-49-78(2)73-27-15-16-28-74(73)80(77(78)53-69,62-21-8-4-9-22-62)64-41-35-58-31-33-60(58)51-64)67-44-38-56(39-45-67)55-36-42-66(43-37-55)81(65-23-10-5-11-24-65)68-46-47-71-70-25-13-14-26-72(70)79(75(71)52-68,61-19-6-3-7-20-61)63-40-34-57-30-32-59(57)50-63/h3-17,19-29,34-54,77H,18,30-33H2,1-2H3. The number of anilines is 4. The summed E-state index contributed by atoms with van der Waals surface area (Å²) in [5.41, 5.74) is 27.7. The van der Waals surface area contributed by atoms with E-state index >= 15 is 0 Å². The van der Waals surface area contributed by atoms with E-state index in [-0.39, 0.29) is 16.7 Å². The quantitative estimate of drug-likeness (QED) is 0.127. The summed E-state index contributed by atoms with van der Waals surface area (Å²) in [6.45, 7) is 4.86. The first-order chi connectivity index (χ1) is 40.4. The predicted octanol–water partition coefficient (Wildman–Crippen LogP) is 19.0. The summed E-state index contributed by atoms with van der Waals surface area (Å²) in [5.74, 6) is 0.452. The van der Waals surface area contributed by atoms with Crippen LogP contribution in [0.1, 0.15) is 87.0 Å². The Morgan fingerprint density at radius 1 is 0.415 bits per heavy atom. The smallest absolute Gasteiger partial charge is 0.0714 e. The van der Waals surface area contributed by atoms with Gasteiger partial charge in [0.15, 0.2) is 0 Å². The molecule has 0 spiro atoms. The van der Waals surface area contributed by atoms with Crippen LogP contribution in [0, 0.1) is 11.8 Å². The molecular formula is C80H64N2. The fourth-order valence-electron chi connectivity index (χ4n) is 15.6. The zero-order chi connectivity index (χ0) is 54.6. The van der Waals surface area contributed by atoms with E-state index in [0.29, 0.717) is 5.92 Å². The van der Waals surface area contributed by atoms with Crippen molar-refractivity contribution in [3.63, 3.8) is 0 Å². The molecule has 0 fully saturated rings. The molecule has 16 rings (SSSR count). The Balaban J connectivity index is 0.779. The minimum Gasteiger partial charge on any atom is -0.314 e. The first-order valence-corrected chi connectivity index (χ1v) is 29.7. The summed E-state index contributed by atoms with van der Waals surface area (Å²) in [5, 5.41) is 0. The maximum absolute atomic E-state index is 2.65. The Bertz CT molecular complexity index is 4280. The zero-order valence-electron chi connectivity index (χ0n) is 46.6. The van der Waals surface area contributed by atoms with Crippen LogP contribution in [0.2, 0.25) is 0 Å². The minimum absolute atomic E-state index is 0.114. The van der Waals surface area contributed by atoms with Crippen LogP contribution < -0.4 is 9.80 Å². The van der Waals surface area contributed by atoms with Crippen LogP contribution in [0.4, 0.5) is 22.7 Å². The van der Waals surface area contributed by atoms with Crippen molar-refractivity contribution in [3.05, 3.63) is 357 Å². The van der Waals surface area contributed by atoms with Gasteiger partial charge >= 0.3 is 0 Å². The van der Waals surface area contributed by atoms with E-state index < -0.39 is 5.41 Å². The highest BCUT2D eigenvalue weighted by molar-refractivity contribution is 5.90. The molecule has 6 aliphatic carbocycles. The summed E-state index contributed by atoms with van der Waals surface area (Å²) in [4.78, 5) is 5.00. The second-order valence-corrected chi connectivity index (χ2v) is 24.0. The molecule has 5 atom stereocenters. The molecular weight excluding hydrogens is 989 g/mol. The number of fused-ring (bicyclic) bond motifs is 8. The third-order valence-electron chi connectivity index (χ3n) is 19.8. The van der Waals surface area contributed by atoms with Gasteiger partial charge in [-0.15, -0.1) is 0 Å². The second-order valence-electron chi connectivity index (χ2n) is 24.0. The average Bonchev–Trinajstić information content (AvgIpc) is 1.79. The summed E-state index contributed by atoms with van der Waals surface area (Å²) in [6, 6.07) is 92.4. The molecule has 0 saturated heterocycles. The number of aryl methyl sites for hydroxylation is 4. The van der Waals surface area contributed by atoms with Crippen LogP contribution in [0.5, 0.6) is 0 Å². The topological polar surface area (TPSA) is 6.48 Å². The third kappa shape index (κ3) is 7.20. The van der Waals surface area contributed by atoms with Crippen molar-refractivity contribution in [2.45, 2.75) is 62.2 Å². The summed E-state index contributed by atoms with van der Waals surface area (Å²) < 4.78 is 0. The number of para-hydroxylation sites is 1. The maximum Gasteiger partial charge on any atom is 0.0714 e. The lowest BCUT2D eigenvalue weighted by Crippen LogP contribution is -2.42. The van der Waals surface area contributed by atoms with E-state index in [1.165, 1.54) is 113 Å². The van der Waals surface area contributed by atoms with E-state index in [0.717, 1.165) is 42.7 Å². The molecule has 0 N–H and O–H groups in total. The Kier molecular flexibility index (Phi) is 11.2. The van der Waals surface area contributed by atoms with Gasteiger partial charge in [0, 0.05) is 51.4 Å². The van der Waals surface area contributed by atoms with Crippen LogP contribution >= 0.6 is 0 Å². The van der Waals surface area contributed by atoms with Crippen LogP contribution in [0.15, 0.2) is 291 Å². The fraction of sp³-hybridized carbons (Fsp3) is 0.150. The largest absolute Gasteiger partial charge is 0.314 e. The fourth-order valence-corrected chi connectivity index (χ4v) is 15.6. The van der Waals surface area contributed by atoms with Gasteiger partial charge in [-0.25, -0.2) is 0 Å². The molecule has 5 unspecified atom stereocenters. The summed E-state index contributed by atoms with van der Waals surface area (Å²) in [6.07, 6.45) is 20.2. The Hall–Kier alpha value is -9.24. The van der Waals surface area contributed by atoms with E-state index in [1.807, 2.05) is 0 Å². The van der Waals surface area contributed by atoms with Gasteiger partial charge < -0.3 is 9.80 Å². The molecule has 2 heteroatoms. The van der Waals surface area contributed by atoms with Crippen molar-refractivity contribution in [1.29, 1.82) is 0 Å². The normalized spacial score (nSPS) is 22.0. The monoisotopic (exact) mass is 1050 g/mol. The first-order valence-electron chi connectivity index (χ1n) is 29.7. The molecule has 0 bridgehead atoms. The van der Waals surface area contributed by atoms with Gasteiger partial charge in [-0.1, -0.05) is 232 Å². The molecule has 0 heterocycles. The van der Waals surface area contributed by atoms with Gasteiger partial charge in [0.2, 0.25) is 0 Å². The number of rotatable bonds is 11. The number of hydrogen-bond acceptors (Lipinski definition) is 2. The highest BCUT2D eigenvalue weighted by Gasteiger charge is 2.59. The van der Waals surface area contributed by atoms with Gasteiger partial charge in [-0.3, -0.25) is 0 Å². The van der Waals surface area contributed by atoms with Gasteiger partial charge in [-0.05, 0) is 182 Å². The first kappa shape index (κ1) is 48.6. The Morgan fingerprint density at radius 3 is 1.60 bits per heavy atom. The molecule has 2 nitrogen and oxygen atoms in total. The van der Waals surface area contributed by atoms with Crippen LogP contribution in [-0.4, -0.2) is 0 Å². The molecule has 6 aliphatic rings. The van der Waals surface area contributed by atoms with Crippen molar-refractivity contribution in [2.24, 2.45) is 11.8 Å². The predicted molar refractivity (Wildman–Crippen MR) is 339 cm³/mol. The highest BCUT2D eigenvalue weighted by Crippen LogP contribution is 2.64. The second kappa shape index (κ2) is 18.9. The molecule has 0 amide bonds. The van der Waals surface area contributed by atoms with Crippen LogP contribution in [0.25, 0.3) is 22.3 Å². The van der Waals surface area contributed by atoms with Crippen molar-refractivity contribution in [3.8, 4) is 22.3 Å². The van der Waals surface area contributed by atoms with Crippen molar-refractivity contribution >= 4 is 22.7 Å². The van der Waals surface area contributed by atoms with Crippen molar-refractivity contribution in [2.75, 3.05) is 9.80 Å². The maximum atomic E-state index is 2.65. The Morgan fingerprint density at radius 2 is 0.951 bits per heavy atom. The number of nitrogens with zero attached hydrogens (tertiary/aromatic N) is 2.